The summed E-state index contributed by atoms with van der Waals surface area (Å²) in [6.45, 7) is 2.65. The van der Waals surface area contributed by atoms with E-state index in [0.717, 1.165) is 19.3 Å². The molecule has 5 N–H and O–H groups in total. The van der Waals surface area contributed by atoms with Gasteiger partial charge in [-0.15, -0.1) is 0 Å². The summed E-state index contributed by atoms with van der Waals surface area (Å²) in [7, 11) is 0. The average Bonchev–Trinajstić information content (AvgIpc) is 2.66. The second kappa shape index (κ2) is 8.03. The molecule has 1 heterocycles. The molecule has 0 spiro atoms. The molecule has 0 saturated carbocycles. The van der Waals surface area contributed by atoms with E-state index in [2.05, 4.69) is 10.3 Å². The van der Waals surface area contributed by atoms with Crippen LogP contribution in [-0.2, 0) is 14.3 Å². The van der Waals surface area contributed by atoms with Crippen LogP contribution in [0.15, 0.2) is 16.6 Å². The van der Waals surface area contributed by atoms with E-state index in [4.69, 9.17) is 20.9 Å². The maximum absolute atomic E-state index is 11.4. The van der Waals surface area contributed by atoms with E-state index >= 15 is 0 Å². The minimum absolute atomic E-state index is 0.0844. The number of esters is 1. The molecule has 0 aromatic heterocycles. The van der Waals surface area contributed by atoms with E-state index in [-0.39, 0.29) is 5.96 Å². The third-order valence-electron chi connectivity index (χ3n) is 2.55. The Morgan fingerprint density at radius 2 is 2.20 bits per heavy atom. The first-order valence-corrected chi connectivity index (χ1v) is 6.38. The van der Waals surface area contributed by atoms with Gasteiger partial charge in [-0.2, -0.15) is 0 Å². The lowest BCUT2D eigenvalue weighted by molar-refractivity contribution is -0.151. The van der Waals surface area contributed by atoms with Crippen LogP contribution in [0.25, 0.3) is 0 Å². The van der Waals surface area contributed by atoms with Gasteiger partial charge in [0.2, 0.25) is 0 Å². The lowest BCUT2D eigenvalue weighted by atomic mass is 10.2. The van der Waals surface area contributed by atoms with Crippen molar-refractivity contribution in [2.75, 3.05) is 13.1 Å². The Balaban J connectivity index is 2.04. The van der Waals surface area contributed by atoms with E-state index in [0.29, 0.717) is 18.7 Å². The standard InChI is InChI=1S/C12H20N4O4/c1-8-7-9(19-10(8)17)20-12(18)16-6-4-2-3-5-15-11(13)14/h7,9H,2-6H2,1H3,(H,16,18)(H4,13,14,15). The molecule has 0 bridgehead atoms. The van der Waals surface area contributed by atoms with E-state index < -0.39 is 18.4 Å². The molecule has 0 fully saturated rings. The molecule has 1 amide bonds. The molecule has 1 aliphatic rings. The Morgan fingerprint density at radius 1 is 1.45 bits per heavy atom. The first kappa shape index (κ1) is 15.8. The number of unbranched alkanes of at least 4 members (excludes halogenated alkanes) is 2. The van der Waals surface area contributed by atoms with Crippen LogP contribution in [0.5, 0.6) is 0 Å². The summed E-state index contributed by atoms with van der Waals surface area (Å²) in [4.78, 5) is 26.3. The summed E-state index contributed by atoms with van der Waals surface area (Å²) in [5.74, 6) is -0.385. The average molecular weight is 284 g/mol. The van der Waals surface area contributed by atoms with Crippen molar-refractivity contribution in [3.63, 3.8) is 0 Å². The number of carbonyl (C=O) groups is 2. The first-order chi connectivity index (χ1) is 9.49. The van der Waals surface area contributed by atoms with E-state index in [1.807, 2.05) is 0 Å². The maximum atomic E-state index is 11.4. The fourth-order valence-corrected chi connectivity index (χ4v) is 1.52. The van der Waals surface area contributed by atoms with Crippen molar-refractivity contribution in [3.8, 4) is 0 Å². The van der Waals surface area contributed by atoms with Gasteiger partial charge in [-0.3, -0.25) is 4.99 Å². The van der Waals surface area contributed by atoms with Crippen LogP contribution >= 0.6 is 0 Å². The van der Waals surface area contributed by atoms with Crippen molar-refractivity contribution in [1.82, 2.24) is 5.32 Å². The molecule has 1 rings (SSSR count). The number of cyclic esters (lactones) is 1. The number of hydrogen-bond acceptors (Lipinski definition) is 5. The SMILES string of the molecule is CC1=CC(OC(=O)NCCCCCN=C(N)N)OC1=O. The minimum atomic E-state index is -0.927. The number of nitrogens with one attached hydrogen (secondary N) is 1. The van der Waals surface area contributed by atoms with Gasteiger partial charge in [0.1, 0.15) is 0 Å². The van der Waals surface area contributed by atoms with E-state index in [9.17, 15) is 9.59 Å². The highest BCUT2D eigenvalue weighted by molar-refractivity contribution is 5.90. The Bertz CT molecular complexity index is 416. The number of carbonyl (C=O) groups excluding carboxylic acids is 2. The van der Waals surface area contributed by atoms with Crippen molar-refractivity contribution in [2.24, 2.45) is 16.5 Å². The smallest absolute Gasteiger partial charge is 0.410 e. The highest BCUT2D eigenvalue weighted by atomic mass is 16.7. The molecule has 0 saturated heterocycles. The molecule has 1 unspecified atom stereocenters. The van der Waals surface area contributed by atoms with Gasteiger partial charge in [-0.05, 0) is 26.2 Å². The molecule has 1 atom stereocenters. The van der Waals surface area contributed by atoms with Gasteiger partial charge in [0.05, 0.1) is 0 Å². The fraction of sp³-hybridized carbons (Fsp3) is 0.583. The van der Waals surface area contributed by atoms with Gasteiger partial charge in [-0.25, -0.2) is 9.59 Å². The van der Waals surface area contributed by atoms with Crippen molar-refractivity contribution in [2.45, 2.75) is 32.5 Å². The molecule has 0 aromatic carbocycles. The highest BCUT2D eigenvalue weighted by Gasteiger charge is 2.25. The molecule has 8 heteroatoms. The molecule has 0 aliphatic carbocycles. The normalized spacial score (nSPS) is 17.1. The lowest BCUT2D eigenvalue weighted by Gasteiger charge is -2.10. The van der Waals surface area contributed by atoms with Crippen LogP contribution < -0.4 is 16.8 Å². The molecule has 1 aliphatic heterocycles. The zero-order valence-corrected chi connectivity index (χ0v) is 11.4. The molecule has 112 valence electrons. The summed E-state index contributed by atoms with van der Waals surface area (Å²) >= 11 is 0. The molecular weight excluding hydrogens is 264 g/mol. The van der Waals surface area contributed by atoms with Crippen molar-refractivity contribution < 1.29 is 19.1 Å². The predicted molar refractivity (Wildman–Crippen MR) is 72.6 cm³/mol. The van der Waals surface area contributed by atoms with Gasteiger partial charge >= 0.3 is 12.1 Å². The fourth-order valence-electron chi connectivity index (χ4n) is 1.52. The van der Waals surface area contributed by atoms with Crippen molar-refractivity contribution >= 4 is 18.0 Å². The summed E-state index contributed by atoms with van der Waals surface area (Å²) in [6, 6.07) is 0. The van der Waals surface area contributed by atoms with Crippen molar-refractivity contribution in [1.29, 1.82) is 0 Å². The van der Waals surface area contributed by atoms with Crippen molar-refractivity contribution in [3.05, 3.63) is 11.6 Å². The Hall–Kier alpha value is -2.25. The number of ether oxygens (including phenoxy) is 2. The predicted octanol–water partition coefficient (Wildman–Crippen LogP) is -0.0145. The molecule has 8 nitrogen and oxygen atoms in total. The largest absolute Gasteiger partial charge is 0.418 e. The monoisotopic (exact) mass is 284 g/mol. The molecule has 20 heavy (non-hydrogen) atoms. The highest BCUT2D eigenvalue weighted by Crippen LogP contribution is 2.13. The number of hydrogen-bond donors (Lipinski definition) is 3. The summed E-state index contributed by atoms with van der Waals surface area (Å²) < 4.78 is 9.66. The van der Waals surface area contributed by atoms with Crippen LogP contribution in [0.4, 0.5) is 4.79 Å². The van der Waals surface area contributed by atoms with Crippen LogP contribution in [0.3, 0.4) is 0 Å². The second-order valence-electron chi connectivity index (χ2n) is 4.32. The maximum Gasteiger partial charge on any atom is 0.410 e. The number of nitrogens with zero attached hydrogens (tertiary/aromatic N) is 1. The number of alkyl carbamates (subject to hydrolysis) is 1. The third kappa shape index (κ3) is 6.07. The number of guanidine groups is 1. The molecule has 0 radical (unpaired) electrons. The zero-order valence-electron chi connectivity index (χ0n) is 11.4. The number of aliphatic imine (C=N–C) groups is 1. The molecular formula is C12H20N4O4. The Kier molecular flexibility index (Phi) is 6.34. The van der Waals surface area contributed by atoms with Crippen LogP contribution in [0.1, 0.15) is 26.2 Å². The van der Waals surface area contributed by atoms with Crippen LogP contribution in [0, 0.1) is 0 Å². The lowest BCUT2D eigenvalue weighted by Crippen LogP contribution is -2.29. The number of rotatable bonds is 7. The quantitative estimate of drug-likeness (QED) is 0.261. The minimum Gasteiger partial charge on any atom is -0.418 e. The molecule has 0 aromatic rings. The summed E-state index contributed by atoms with van der Waals surface area (Å²) in [5, 5.41) is 2.57. The van der Waals surface area contributed by atoms with Gasteiger partial charge in [-0.1, -0.05) is 0 Å². The topological polar surface area (TPSA) is 129 Å². The van der Waals surface area contributed by atoms with Gasteiger partial charge < -0.3 is 26.3 Å². The first-order valence-electron chi connectivity index (χ1n) is 6.38. The Morgan fingerprint density at radius 3 is 2.80 bits per heavy atom. The summed E-state index contributed by atoms with van der Waals surface area (Å²) in [6.07, 6.45) is 2.43. The number of amides is 1. The van der Waals surface area contributed by atoms with Gasteiger partial charge in [0.15, 0.2) is 5.96 Å². The second-order valence-corrected chi connectivity index (χ2v) is 4.32. The zero-order chi connectivity index (χ0) is 15.0. The van der Waals surface area contributed by atoms with E-state index in [1.54, 1.807) is 6.92 Å². The van der Waals surface area contributed by atoms with Crippen LogP contribution in [-0.4, -0.2) is 37.4 Å². The van der Waals surface area contributed by atoms with Gasteiger partial charge in [0, 0.05) is 24.7 Å². The summed E-state index contributed by atoms with van der Waals surface area (Å²) in [5.41, 5.74) is 10.8. The Labute approximate surface area is 117 Å². The van der Waals surface area contributed by atoms with Gasteiger partial charge in [0.25, 0.3) is 6.29 Å². The number of nitrogens with two attached hydrogens (primary N) is 2. The van der Waals surface area contributed by atoms with Crippen LogP contribution in [0.2, 0.25) is 0 Å². The van der Waals surface area contributed by atoms with E-state index in [1.165, 1.54) is 6.08 Å². The third-order valence-corrected chi connectivity index (χ3v) is 2.55.